The van der Waals surface area contributed by atoms with Gasteiger partial charge in [-0.2, -0.15) is 12.7 Å². The lowest BCUT2D eigenvalue weighted by Gasteiger charge is -2.19. The maximum Gasteiger partial charge on any atom is 0.409 e. The minimum Gasteiger partial charge on any atom is -0.481 e. The summed E-state index contributed by atoms with van der Waals surface area (Å²) in [4.78, 5) is 15.4. The first-order valence-corrected chi connectivity index (χ1v) is 12.5. The van der Waals surface area contributed by atoms with E-state index in [0.717, 1.165) is 10.6 Å². The molecule has 0 saturated carbocycles. The van der Waals surface area contributed by atoms with Crippen LogP contribution in [0.4, 0.5) is 10.3 Å². The van der Waals surface area contributed by atoms with Gasteiger partial charge in [-0.25, -0.2) is 8.96 Å². The lowest BCUT2D eigenvalue weighted by molar-refractivity contribution is -0.649. The fourth-order valence-corrected chi connectivity index (χ4v) is 3.95. The van der Waals surface area contributed by atoms with Crippen LogP contribution in [0.15, 0.2) is 30.3 Å². The highest BCUT2D eigenvalue weighted by Gasteiger charge is 2.31. The molecule has 0 saturated heterocycles. The zero-order valence-corrected chi connectivity index (χ0v) is 20.6. The molecule has 0 fully saturated rings. The number of carboxylic acid groups (broad SMARTS) is 1. The van der Waals surface area contributed by atoms with E-state index in [1.54, 1.807) is 29.8 Å². The number of aliphatic carboxylic acids is 1. The third-order valence-electron chi connectivity index (χ3n) is 5.24. The van der Waals surface area contributed by atoms with Crippen molar-refractivity contribution >= 4 is 28.0 Å². The van der Waals surface area contributed by atoms with E-state index >= 15 is 0 Å². The Hall–Kier alpha value is -2.89. The number of anilines is 1. The number of hydrogen-bond acceptors (Lipinski definition) is 6. The van der Waals surface area contributed by atoms with Gasteiger partial charge in [0.1, 0.15) is 17.2 Å². The molecule has 0 aliphatic carbocycles. The molecule has 1 aromatic carbocycles. The Balaban J connectivity index is 2.71. The summed E-state index contributed by atoms with van der Waals surface area (Å²) in [6.45, 7) is 3.76. The average molecular weight is 497 g/mol. The molecule has 0 radical (unpaired) electrons. The molecule has 11 heteroatoms. The first-order chi connectivity index (χ1) is 15.7. The van der Waals surface area contributed by atoms with Crippen LogP contribution in [0.1, 0.15) is 43.9 Å². The molecule has 2 atom stereocenters. The van der Waals surface area contributed by atoms with Crippen LogP contribution in [0.2, 0.25) is 0 Å². The number of halogens is 1. The van der Waals surface area contributed by atoms with Crippen LogP contribution in [0.5, 0.6) is 0 Å². The van der Waals surface area contributed by atoms with Crippen molar-refractivity contribution in [2.24, 2.45) is 7.05 Å². The van der Waals surface area contributed by atoms with Crippen molar-refractivity contribution in [2.45, 2.75) is 44.8 Å². The molecule has 0 aliphatic rings. The number of rotatable bonds is 10. The number of carboxylic acids is 1. The summed E-state index contributed by atoms with van der Waals surface area (Å²) in [5, 5.41) is 29.0. The zero-order chi connectivity index (χ0) is 25.8. The molecule has 2 unspecified atom stereocenters. The quantitative estimate of drug-likeness (QED) is 0.428. The lowest BCUT2D eigenvalue weighted by atomic mass is 9.97. The first kappa shape index (κ1) is 27.4. The summed E-state index contributed by atoms with van der Waals surface area (Å²) in [6.07, 6.45) is 1.04. The van der Waals surface area contributed by atoms with Crippen molar-refractivity contribution < 1.29 is 37.5 Å². The van der Waals surface area contributed by atoms with Crippen molar-refractivity contribution in [3.8, 4) is 11.3 Å². The van der Waals surface area contributed by atoms with E-state index in [1.807, 2.05) is 13.8 Å². The molecule has 2 rings (SSSR count). The van der Waals surface area contributed by atoms with Gasteiger partial charge < -0.3 is 15.3 Å². The van der Waals surface area contributed by atoms with Gasteiger partial charge >= 0.3 is 11.9 Å². The van der Waals surface area contributed by atoms with Crippen LogP contribution in [-0.4, -0.2) is 60.2 Å². The highest BCUT2D eigenvalue weighted by molar-refractivity contribution is 7.92. The Morgan fingerprint density at radius 3 is 2.32 bits per heavy atom. The van der Waals surface area contributed by atoms with Gasteiger partial charge in [-0.05, 0) is 30.3 Å². The molecule has 34 heavy (non-hydrogen) atoms. The molecule has 0 bridgehead atoms. The number of benzene rings is 1. The van der Waals surface area contributed by atoms with E-state index in [2.05, 4.69) is 4.98 Å². The monoisotopic (exact) mass is 496 g/mol. The number of nitrogens with zero attached hydrogens (tertiary/aromatic N) is 3. The van der Waals surface area contributed by atoms with Crippen molar-refractivity contribution in [1.29, 1.82) is 0 Å². The van der Waals surface area contributed by atoms with Crippen LogP contribution in [0.3, 0.4) is 0 Å². The minimum absolute atomic E-state index is 0.151. The fraction of sp³-hybridized carbons (Fsp3) is 0.435. The molecule has 2 aromatic rings. The molecule has 0 aliphatic heterocycles. The van der Waals surface area contributed by atoms with E-state index in [-0.39, 0.29) is 18.3 Å². The molecule has 1 heterocycles. The van der Waals surface area contributed by atoms with Crippen LogP contribution in [0, 0.1) is 5.82 Å². The Kier molecular flexibility index (Phi) is 8.87. The molecule has 1 aromatic heterocycles. The van der Waals surface area contributed by atoms with Gasteiger partial charge in [-0.3, -0.25) is 4.79 Å². The summed E-state index contributed by atoms with van der Waals surface area (Å²) in [7, 11) is -0.608. The third-order valence-corrected chi connectivity index (χ3v) is 6.40. The van der Waals surface area contributed by atoms with E-state index in [1.165, 1.54) is 25.3 Å². The van der Waals surface area contributed by atoms with Gasteiger partial charge in [0.25, 0.3) is 10.0 Å². The molecule has 0 amide bonds. The maximum atomic E-state index is 13.6. The van der Waals surface area contributed by atoms with Gasteiger partial charge in [-0.1, -0.05) is 24.9 Å². The summed E-state index contributed by atoms with van der Waals surface area (Å²) in [6, 6.07) is 5.69. The van der Waals surface area contributed by atoms with Crippen LogP contribution in [-0.2, 0) is 21.9 Å². The summed E-state index contributed by atoms with van der Waals surface area (Å²) in [5.41, 5.74) is 2.24. The number of sulfonamides is 1. The third kappa shape index (κ3) is 6.81. The van der Waals surface area contributed by atoms with Crippen molar-refractivity contribution in [3.63, 3.8) is 0 Å². The van der Waals surface area contributed by atoms with Crippen molar-refractivity contribution in [3.05, 3.63) is 47.4 Å². The van der Waals surface area contributed by atoms with Crippen LogP contribution in [0.25, 0.3) is 17.3 Å². The van der Waals surface area contributed by atoms with Gasteiger partial charge in [0, 0.05) is 17.9 Å². The number of aliphatic hydroxyl groups excluding tert-OH is 2. The molecular weight excluding hydrogens is 465 g/mol. The predicted molar refractivity (Wildman–Crippen MR) is 126 cm³/mol. The lowest BCUT2D eigenvalue weighted by Crippen LogP contribution is -2.44. The fourth-order valence-electron chi connectivity index (χ4n) is 3.49. The van der Waals surface area contributed by atoms with Gasteiger partial charge in [0.2, 0.25) is 0 Å². The SMILES string of the molecule is CC(C)c1nc(N(C)S(C)(=O)=O)[n+](C)c(-c2ccc(F)cc2)c1C=CC(O)CC(O)CC(=O)O. The summed E-state index contributed by atoms with van der Waals surface area (Å²) in [5.74, 6) is -1.61. The minimum atomic E-state index is -3.63. The Labute approximate surface area is 198 Å². The van der Waals surface area contributed by atoms with Crippen LogP contribution < -0.4 is 8.87 Å². The second-order valence-corrected chi connectivity index (χ2v) is 10.4. The van der Waals surface area contributed by atoms with E-state index < -0.39 is 40.4 Å². The number of aliphatic hydroxyl groups is 2. The van der Waals surface area contributed by atoms with Gasteiger partial charge in [0.15, 0.2) is 0 Å². The highest BCUT2D eigenvalue weighted by Crippen LogP contribution is 2.30. The van der Waals surface area contributed by atoms with Gasteiger partial charge in [0.05, 0.1) is 44.5 Å². The van der Waals surface area contributed by atoms with Gasteiger partial charge in [-0.15, -0.1) is 0 Å². The average Bonchev–Trinajstić information content (AvgIpc) is 2.71. The zero-order valence-electron chi connectivity index (χ0n) is 19.8. The summed E-state index contributed by atoms with van der Waals surface area (Å²) < 4.78 is 40.7. The smallest absolute Gasteiger partial charge is 0.409 e. The second-order valence-electron chi connectivity index (χ2n) is 8.42. The van der Waals surface area contributed by atoms with E-state index in [0.29, 0.717) is 22.5 Å². The molecule has 9 nitrogen and oxygen atoms in total. The van der Waals surface area contributed by atoms with Crippen LogP contribution >= 0.6 is 0 Å². The number of aromatic nitrogens is 2. The largest absolute Gasteiger partial charge is 0.481 e. The summed E-state index contributed by atoms with van der Waals surface area (Å²) >= 11 is 0. The Morgan fingerprint density at radius 1 is 1.24 bits per heavy atom. The predicted octanol–water partition coefficient (Wildman–Crippen LogP) is 1.83. The van der Waals surface area contributed by atoms with Crippen molar-refractivity contribution in [1.82, 2.24) is 4.98 Å². The first-order valence-electron chi connectivity index (χ1n) is 10.6. The molecule has 0 spiro atoms. The highest BCUT2D eigenvalue weighted by atomic mass is 32.2. The maximum absolute atomic E-state index is 13.6. The topological polar surface area (TPSA) is 132 Å². The van der Waals surface area contributed by atoms with Crippen molar-refractivity contribution in [2.75, 3.05) is 17.6 Å². The molecular formula is C23H31FN3O6S+. The number of carbonyl (C=O) groups is 1. The Bertz CT molecular complexity index is 1170. The molecule has 186 valence electrons. The normalized spacial score (nSPS) is 13.9. The molecule has 3 N–H and O–H groups in total. The standard InChI is InChI=1S/C23H30FN3O6S/c1-14(2)21-19(11-10-17(28)12-18(29)13-20(30)31)22(15-6-8-16(24)9-7-15)26(3)23(25-21)27(4)34(5,32)33/h6-11,14,17-18,28-29H,12-13H2,1-5H3/p+1. The Morgan fingerprint density at radius 2 is 1.82 bits per heavy atom. The number of hydrogen-bond donors (Lipinski definition) is 3. The second kappa shape index (κ2) is 11.0. The van der Waals surface area contributed by atoms with E-state index in [9.17, 15) is 27.8 Å². The van der Waals surface area contributed by atoms with E-state index in [4.69, 9.17) is 5.11 Å².